The van der Waals surface area contributed by atoms with Crippen molar-refractivity contribution in [3.05, 3.63) is 54.6 Å². The first kappa shape index (κ1) is 12.4. The van der Waals surface area contributed by atoms with E-state index in [0.717, 1.165) is 13.1 Å². The van der Waals surface area contributed by atoms with E-state index < -0.39 is 0 Å². The second kappa shape index (κ2) is 5.57. The Labute approximate surface area is 114 Å². The normalized spacial score (nSPS) is 17.7. The summed E-state index contributed by atoms with van der Waals surface area (Å²) in [5, 5.41) is 3.80. The van der Waals surface area contributed by atoms with Crippen molar-refractivity contribution in [1.29, 1.82) is 0 Å². The summed E-state index contributed by atoms with van der Waals surface area (Å²) < 4.78 is 2.13. The molecule has 1 aromatic carbocycles. The molecule has 2 aromatic rings. The highest BCUT2D eigenvalue weighted by Gasteiger charge is 2.34. The molecule has 1 fully saturated rings. The Morgan fingerprint density at radius 3 is 2.63 bits per heavy atom. The van der Waals surface area contributed by atoms with Crippen LogP contribution >= 0.6 is 0 Å². The number of rotatable bonds is 5. The van der Waals surface area contributed by atoms with E-state index >= 15 is 0 Å². The number of benzene rings is 1. The van der Waals surface area contributed by atoms with Crippen LogP contribution in [0, 0.1) is 0 Å². The van der Waals surface area contributed by atoms with Crippen LogP contribution in [-0.2, 0) is 12.1 Å². The highest BCUT2D eigenvalue weighted by molar-refractivity contribution is 5.25. The molecule has 0 spiro atoms. The zero-order chi connectivity index (χ0) is 13.0. The second-order valence-corrected chi connectivity index (χ2v) is 5.38. The molecule has 0 atom stereocenters. The number of imidazole rings is 1. The molecule has 1 saturated carbocycles. The van der Waals surface area contributed by atoms with Gasteiger partial charge in [0.2, 0.25) is 0 Å². The maximum absolute atomic E-state index is 4.08. The molecule has 1 aliphatic carbocycles. The fourth-order valence-corrected chi connectivity index (χ4v) is 3.15. The quantitative estimate of drug-likeness (QED) is 0.890. The van der Waals surface area contributed by atoms with Gasteiger partial charge in [-0.25, -0.2) is 4.98 Å². The van der Waals surface area contributed by atoms with Gasteiger partial charge < -0.3 is 9.88 Å². The largest absolute Gasteiger partial charge is 0.336 e. The summed E-state index contributed by atoms with van der Waals surface area (Å²) in [4.78, 5) is 4.08. The maximum Gasteiger partial charge on any atom is 0.0946 e. The molecule has 100 valence electrons. The Kier molecular flexibility index (Phi) is 3.65. The molecule has 3 heteroatoms. The molecule has 3 rings (SSSR count). The van der Waals surface area contributed by atoms with Crippen LogP contribution in [0.25, 0.3) is 0 Å². The van der Waals surface area contributed by atoms with Gasteiger partial charge in [0.1, 0.15) is 0 Å². The van der Waals surface area contributed by atoms with Gasteiger partial charge in [0, 0.05) is 31.0 Å². The molecule has 0 aliphatic heterocycles. The zero-order valence-corrected chi connectivity index (χ0v) is 11.3. The van der Waals surface area contributed by atoms with Crippen LogP contribution in [0.15, 0.2) is 49.1 Å². The van der Waals surface area contributed by atoms with Crippen LogP contribution in [0.1, 0.15) is 31.2 Å². The number of aromatic nitrogens is 2. The highest BCUT2D eigenvalue weighted by atomic mass is 15.1. The molecule has 1 N–H and O–H groups in total. The third-order valence-corrected chi connectivity index (χ3v) is 4.18. The molecule has 19 heavy (non-hydrogen) atoms. The molecule has 1 aliphatic rings. The third kappa shape index (κ3) is 2.71. The van der Waals surface area contributed by atoms with Crippen LogP contribution < -0.4 is 5.32 Å². The Morgan fingerprint density at radius 2 is 1.95 bits per heavy atom. The lowest BCUT2D eigenvalue weighted by molar-refractivity contribution is 0.334. The van der Waals surface area contributed by atoms with Gasteiger partial charge in [-0.1, -0.05) is 43.2 Å². The van der Waals surface area contributed by atoms with Gasteiger partial charge in [0.25, 0.3) is 0 Å². The molecule has 1 heterocycles. The van der Waals surface area contributed by atoms with Gasteiger partial charge >= 0.3 is 0 Å². The lowest BCUT2D eigenvalue weighted by atomic mass is 9.88. The molecule has 0 amide bonds. The average molecular weight is 255 g/mol. The second-order valence-electron chi connectivity index (χ2n) is 5.38. The summed E-state index contributed by atoms with van der Waals surface area (Å²) in [5.74, 6) is 0. The van der Waals surface area contributed by atoms with E-state index in [1.165, 1.54) is 31.2 Å². The number of nitrogens with one attached hydrogen (secondary N) is 1. The van der Waals surface area contributed by atoms with Crippen molar-refractivity contribution >= 4 is 0 Å². The molecule has 1 aromatic heterocycles. The van der Waals surface area contributed by atoms with Gasteiger partial charge in [0.05, 0.1) is 6.33 Å². The summed E-state index contributed by atoms with van der Waals surface area (Å²) in [6, 6.07) is 10.9. The number of hydrogen-bond donors (Lipinski definition) is 1. The Bertz CT molecular complexity index is 484. The smallest absolute Gasteiger partial charge is 0.0946 e. The first-order valence-corrected chi connectivity index (χ1v) is 7.15. The fraction of sp³-hybridized carbons (Fsp3) is 0.438. The van der Waals surface area contributed by atoms with E-state index in [0.29, 0.717) is 0 Å². The van der Waals surface area contributed by atoms with Crippen LogP contribution in [0.3, 0.4) is 0 Å². The predicted octanol–water partition coefficient (Wildman–Crippen LogP) is 2.94. The lowest BCUT2D eigenvalue weighted by Crippen LogP contribution is -2.41. The summed E-state index contributed by atoms with van der Waals surface area (Å²) in [6.45, 7) is 1.97. The molecule has 0 saturated heterocycles. The minimum absolute atomic E-state index is 0.196. The van der Waals surface area contributed by atoms with Crippen LogP contribution in [0.2, 0.25) is 0 Å². The van der Waals surface area contributed by atoms with Crippen molar-refractivity contribution in [3.8, 4) is 0 Å². The Morgan fingerprint density at radius 1 is 1.16 bits per heavy atom. The molecular weight excluding hydrogens is 234 g/mol. The molecule has 3 nitrogen and oxygen atoms in total. The minimum atomic E-state index is 0.196. The SMILES string of the molecule is c1ccc(C2(NCCn3ccnc3)CCCC2)cc1. The lowest BCUT2D eigenvalue weighted by Gasteiger charge is -2.31. The summed E-state index contributed by atoms with van der Waals surface area (Å²) in [5.41, 5.74) is 1.64. The van der Waals surface area contributed by atoms with Gasteiger partial charge in [-0.15, -0.1) is 0 Å². The van der Waals surface area contributed by atoms with E-state index in [1.807, 2.05) is 18.7 Å². The standard InChI is InChI=1S/C16H21N3/c1-2-6-15(7-3-1)16(8-4-5-9-16)18-11-13-19-12-10-17-14-19/h1-3,6-7,10,12,14,18H,4-5,8-9,11,13H2. The molecule has 0 unspecified atom stereocenters. The molecule has 0 bridgehead atoms. The molecule has 0 radical (unpaired) electrons. The Balaban J connectivity index is 1.67. The van der Waals surface area contributed by atoms with E-state index in [1.54, 1.807) is 0 Å². The van der Waals surface area contributed by atoms with Gasteiger partial charge in [-0.3, -0.25) is 0 Å². The topological polar surface area (TPSA) is 29.9 Å². The summed E-state index contributed by atoms with van der Waals surface area (Å²) in [7, 11) is 0. The van der Waals surface area contributed by atoms with Crippen LogP contribution in [0.4, 0.5) is 0 Å². The van der Waals surface area contributed by atoms with Crippen molar-refractivity contribution in [1.82, 2.24) is 14.9 Å². The van der Waals surface area contributed by atoms with E-state index in [9.17, 15) is 0 Å². The predicted molar refractivity (Wildman–Crippen MR) is 76.8 cm³/mol. The first-order valence-electron chi connectivity index (χ1n) is 7.15. The number of hydrogen-bond acceptors (Lipinski definition) is 2. The van der Waals surface area contributed by atoms with E-state index in [4.69, 9.17) is 0 Å². The van der Waals surface area contributed by atoms with Gasteiger partial charge in [-0.05, 0) is 18.4 Å². The van der Waals surface area contributed by atoms with Crippen molar-refractivity contribution < 1.29 is 0 Å². The van der Waals surface area contributed by atoms with Crippen LogP contribution in [-0.4, -0.2) is 16.1 Å². The van der Waals surface area contributed by atoms with Gasteiger partial charge in [-0.2, -0.15) is 0 Å². The van der Waals surface area contributed by atoms with Crippen molar-refractivity contribution in [3.63, 3.8) is 0 Å². The van der Waals surface area contributed by atoms with E-state index in [2.05, 4.69) is 45.2 Å². The van der Waals surface area contributed by atoms with Crippen molar-refractivity contribution in [2.75, 3.05) is 6.54 Å². The fourth-order valence-electron chi connectivity index (χ4n) is 3.15. The van der Waals surface area contributed by atoms with Crippen molar-refractivity contribution in [2.45, 2.75) is 37.8 Å². The minimum Gasteiger partial charge on any atom is -0.336 e. The maximum atomic E-state index is 4.08. The third-order valence-electron chi connectivity index (χ3n) is 4.18. The summed E-state index contributed by atoms with van der Waals surface area (Å²) in [6.07, 6.45) is 10.9. The number of nitrogens with zero attached hydrogens (tertiary/aromatic N) is 2. The highest BCUT2D eigenvalue weighted by Crippen LogP contribution is 2.38. The van der Waals surface area contributed by atoms with Gasteiger partial charge in [0.15, 0.2) is 0 Å². The van der Waals surface area contributed by atoms with E-state index in [-0.39, 0.29) is 5.54 Å². The summed E-state index contributed by atoms with van der Waals surface area (Å²) >= 11 is 0. The van der Waals surface area contributed by atoms with Crippen LogP contribution in [0.5, 0.6) is 0 Å². The average Bonchev–Trinajstić information content (AvgIpc) is 3.12. The molecular formula is C16H21N3. The monoisotopic (exact) mass is 255 g/mol. The Hall–Kier alpha value is -1.61. The zero-order valence-electron chi connectivity index (χ0n) is 11.3. The first-order chi connectivity index (χ1) is 9.39. The van der Waals surface area contributed by atoms with Crippen molar-refractivity contribution in [2.24, 2.45) is 0 Å².